The normalized spacial score (nSPS) is 10.6. The molecule has 1 heterocycles. The summed E-state index contributed by atoms with van der Waals surface area (Å²) in [7, 11) is 0. The van der Waals surface area contributed by atoms with E-state index in [1.54, 1.807) is 30.3 Å². The lowest BCUT2D eigenvalue weighted by Gasteiger charge is -2.05. The van der Waals surface area contributed by atoms with Gasteiger partial charge >= 0.3 is 0 Å². The molecule has 3 aromatic rings. The number of H-pyrrole nitrogens is 1. The van der Waals surface area contributed by atoms with E-state index in [2.05, 4.69) is 10.3 Å². The van der Waals surface area contributed by atoms with Gasteiger partial charge in [-0.3, -0.25) is 4.79 Å². The third-order valence-electron chi connectivity index (χ3n) is 2.90. The second-order valence-electron chi connectivity index (χ2n) is 4.24. The molecule has 0 unspecified atom stereocenters. The summed E-state index contributed by atoms with van der Waals surface area (Å²) in [5.74, 6) is -0.148. The SMILES string of the molecule is O=C(Nc1cccc(Cl)c1)c1ccc2[nH]ccc2c1. The summed E-state index contributed by atoms with van der Waals surface area (Å²) in [6.45, 7) is 0. The van der Waals surface area contributed by atoms with Crippen molar-refractivity contribution in [3.05, 3.63) is 65.3 Å². The molecule has 4 heteroatoms. The Morgan fingerprint density at radius 2 is 2.00 bits per heavy atom. The van der Waals surface area contributed by atoms with E-state index in [0.717, 1.165) is 10.9 Å². The molecule has 0 bridgehead atoms. The van der Waals surface area contributed by atoms with Crippen molar-refractivity contribution in [3.8, 4) is 0 Å². The van der Waals surface area contributed by atoms with Gasteiger partial charge in [0.15, 0.2) is 0 Å². The Bertz CT molecular complexity index is 748. The smallest absolute Gasteiger partial charge is 0.255 e. The van der Waals surface area contributed by atoms with Crippen LogP contribution in [0.15, 0.2) is 54.7 Å². The van der Waals surface area contributed by atoms with Gasteiger partial charge in [-0.05, 0) is 42.5 Å². The molecule has 0 atom stereocenters. The highest BCUT2D eigenvalue weighted by atomic mass is 35.5. The lowest BCUT2D eigenvalue weighted by atomic mass is 10.1. The van der Waals surface area contributed by atoms with E-state index in [9.17, 15) is 4.79 Å². The fourth-order valence-electron chi connectivity index (χ4n) is 1.96. The summed E-state index contributed by atoms with van der Waals surface area (Å²) in [5.41, 5.74) is 2.32. The van der Waals surface area contributed by atoms with Crippen molar-refractivity contribution in [2.24, 2.45) is 0 Å². The Morgan fingerprint density at radius 3 is 2.84 bits per heavy atom. The van der Waals surface area contributed by atoms with Crippen LogP contribution in [-0.2, 0) is 0 Å². The van der Waals surface area contributed by atoms with Crippen molar-refractivity contribution in [2.75, 3.05) is 5.32 Å². The molecule has 2 aromatic carbocycles. The van der Waals surface area contributed by atoms with Gasteiger partial charge in [-0.15, -0.1) is 0 Å². The first-order valence-corrected chi connectivity index (χ1v) is 6.24. The van der Waals surface area contributed by atoms with Crippen LogP contribution >= 0.6 is 11.6 Å². The van der Waals surface area contributed by atoms with Crippen LogP contribution in [0.25, 0.3) is 10.9 Å². The van der Waals surface area contributed by atoms with Gasteiger partial charge in [-0.1, -0.05) is 17.7 Å². The Labute approximate surface area is 115 Å². The molecule has 1 aromatic heterocycles. The summed E-state index contributed by atoms with van der Waals surface area (Å²) in [5, 5.41) is 4.43. The van der Waals surface area contributed by atoms with E-state index >= 15 is 0 Å². The highest BCUT2D eigenvalue weighted by Gasteiger charge is 2.07. The van der Waals surface area contributed by atoms with Gasteiger partial charge < -0.3 is 10.3 Å². The molecule has 1 amide bonds. The molecule has 0 saturated carbocycles. The van der Waals surface area contributed by atoms with Gasteiger partial charge in [0.05, 0.1) is 0 Å². The number of fused-ring (bicyclic) bond motifs is 1. The standard InChI is InChI=1S/C15H11ClN2O/c16-12-2-1-3-13(9-12)18-15(19)11-4-5-14-10(8-11)6-7-17-14/h1-9,17H,(H,18,19). The van der Waals surface area contributed by atoms with E-state index < -0.39 is 0 Å². The number of anilines is 1. The molecular weight excluding hydrogens is 260 g/mol. The van der Waals surface area contributed by atoms with Crippen LogP contribution in [0.5, 0.6) is 0 Å². The number of hydrogen-bond donors (Lipinski definition) is 2. The van der Waals surface area contributed by atoms with Crippen LogP contribution in [0.1, 0.15) is 10.4 Å². The lowest BCUT2D eigenvalue weighted by molar-refractivity contribution is 0.102. The second-order valence-corrected chi connectivity index (χ2v) is 4.68. The maximum atomic E-state index is 12.1. The van der Waals surface area contributed by atoms with E-state index in [4.69, 9.17) is 11.6 Å². The van der Waals surface area contributed by atoms with Crippen LogP contribution < -0.4 is 5.32 Å². The van der Waals surface area contributed by atoms with Gasteiger partial charge in [-0.25, -0.2) is 0 Å². The van der Waals surface area contributed by atoms with Crippen LogP contribution in [0.4, 0.5) is 5.69 Å². The van der Waals surface area contributed by atoms with Crippen LogP contribution in [0.2, 0.25) is 5.02 Å². The molecule has 0 spiro atoms. The third kappa shape index (κ3) is 2.46. The van der Waals surface area contributed by atoms with Crippen LogP contribution in [0.3, 0.4) is 0 Å². The highest BCUT2D eigenvalue weighted by Crippen LogP contribution is 2.18. The van der Waals surface area contributed by atoms with Crippen LogP contribution in [0, 0.1) is 0 Å². The highest BCUT2D eigenvalue weighted by molar-refractivity contribution is 6.31. The first-order chi connectivity index (χ1) is 9.22. The summed E-state index contributed by atoms with van der Waals surface area (Å²) in [6, 6.07) is 14.6. The van der Waals surface area contributed by atoms with E-state index in [1.165, 1.54) is 0 Å². The largest absolute Gasteiger partial charge is 0.361 e. The summed E-state index contributed by atoms with van der Waals surface area (Å²) >= 11 is 5.88. The summed E-state index contributed by atoms with van der Waals surface area (Å²) in [4.78, 5) is 15.2. The zero-order chi connectivity index (χ0) is 13.2. The van der Waals surface area contributed by atoms with Crippen molar-refractivity contribution in [1.29, 1.82) is 0 Å². The predicted octanol–water partition coefficient (Wildman–Crippen LogP) is 4.07. The average molecular weight is 271 g/mol. The van der Waals surface area contributed by atoms with Crippen molar-refractivity contribution < 1.29 is 4.79 Å². The number of halogens is 1. The number of amides is 1. The fourth-order valence-corrected chi connectivity index (χ4v) is 2.15. The molecule has 0 aliphatic rings. The lowest BCUT2D eigenvalue weighted by Crippen LogP contribution is -2.11. The minimum absolute atomic E-state index is 0.148. The molecule has 0 radical (unpaired) electrons. The number of carbonyl (C=O) groups is 1. The Morgan fingerprint density at radius 1 is 1.11 bits per heavy atom. The molecule has 0 fully saturated rings. The number of aromatic nitrogens is 1. The quantitative estimate of drug-likeness (QED) is 0.724. The van der Waals surface area contributed by atoms with E-state index in [1.807, 2.05) is 24.4 Å². The van der Waals surface area contributed by atoms with Crippen molar-refractivity contribution in [2.45, 2.75) is 0 Å². The number of nitrogens with one attached hydrogen (secondary N) is 2. The number of hydrogen-bond acceptors (Lipinski definition) is 1. The number of rotatable bonds is 2. The average Bonchev–Trinajstić information content (AvgIpc) is 2.85. The number of aromatic amines is 1. The van der Waals surface area contributed by atoms with Gasteiger partial charge in [0.1, 0.15) is 0 Å². The molecule has 0 saturated heterocycles. The number of benzene rings is 2. The first kappa shape index (κ1) is 11.8. The number of carbonyl (C=O) groups excluding carboxylic acids is 1. The molecule has 3 nitrogen and oxygen atoms in total. The van der Waals surface area contributed by atoms with Gasteiger partial charge in [-0.2, -0.15) is 0 Å². The molecule has 3 rings (SSSR count). The summed E-state index contributed by atoms with van der Waals surface area (Å²) < 4.78 is 0. The molecular formula is C15H11ClN2O. The molecule has 2 N–H and O–H groups in total. The van der Waals surface area contributed by atoms with Crippen molar-refractivity contribution in [3.63, 3.8) is 0 Å². The third-order valence-corrected chi connectivity index (χ3v) is 3.13. The van der Waals surface area contributed by atoms with Gasteiger partial charge in [0.2, 0.25) is 0 Å². The van der Waals surface area contributed by atoms with Crippen LogP contribution in [-0.4, -0.2) is 10.9 Å². The Balaban J connectivity index is 1.87. The monoisotopic (exact) mass is 270 g/mol. The van der Waals surface area contributed by atoms with Gasteiger partial charge in [0, 0.05) is 33.4 Å². The predicted molar refractivity (Wildman–Crippen MR) is 77.7 cm³/mol. The van der Waals surface area contributed by atoms with Gasteiger partial charge in [0.25, 0.3) is 5.91 Å². The summed E-state index contributed by atoms with van der Waals surface area (Å²) in [6.07, 6.45) is 1.85. The molecule has 19 heavy (non-hydrogen) atoms. The van der Waals surface area contributed by atoms with E-state index in [0.29, 0.717) is 16.3 Å². The molecule has 0 aliphatic carbocycles. The van der Waals surface area contributed by atoms with Crippen molar-refractivity contribution in [1.82, 2.24) is 4.98 Å². The molecule has 0 aliphatic heterocycles. The molecule has 94 valence electrons. The second kappa shape index (κ2) is 4.78. The fraction of sp³-hybridized carbons (Fsp3) is 0. The minimum atomic E-state index is -0.148. The van der Waals surface area contributed by atoms with E-state index in [-0.39, 0.29) is 5.91 Å². The zero-order valence-corrected chi connectivity index (χ0v) is 10.7. The zero-order valence-electron chi connectivity index (χ0n) is 9.98. The topological polar surface area (TPSA) is 44.9 Å². The maximum absolute atomic E-state index is 12.1. The van der Waals surface area contributed by atoms with Crippen molar-refractivity contribution >= 4 is 34.1 Å². The Kier molecular flexibility index (Phi) is 2.97. The minimum Gasteiger partial charge on any atom is -0.361 e. The Hall–Kier alpha value is -2.26. The maximum Gasteiger partial charge on any atom is 0.255 e. The first-order valence-electron chi connectivity index (χ1n) is 5.86.